The normalized spacial score (nSPS) is 31.7. The number of ether oxygens (including phenoxy) is 1. The van der Waals surface area contributed by atoms with E-state index in [2.05, 4.69) is 4.98 Å². The van der Waals surface area contributed by atoms with E-state index in [-0.39, 0.29) is 6.10 Å². The fourth-order valence-electron chi connectivity index (χ4n) is 2.30. The van der Waals surface area contributed by atoms with Crippen LogP contribution in [0.25, 0.3) is 0 Å². The molecule has 84 valence electrons. The molecule has 0 bridgehead atoms. The average molecular weight is 227 g/mol. The molecular weight excluding hydrogens is 210 g/mol. The van der Waals surface area contributed by atoms with Crippen molar-refractivity contribution < 1.29 is 9.84 Å². The highest BCUT2D eigenvalue weighted by Crippen LogP contribution is 2.33. The molecule has 1 aromatic heterocycles. The van der Waals surface area contributed by atoms with E-state index in [9.17, 15) is 5.11 Å². The van der Waals surface area contributed by atoms with Crippen LogP contribution in [0, 0.1) is 0 Å². The first kappa shape index (κ1) is 11.0. The van der Waals surface area contributed by atoms with Gasteiger partial charge >= 0.3 is 0 Å². The summed E-state index contributed by atoms with van der Waals surface area (Å²) < 4.78 is 5.33. The minimum Gasteiger partial charge on any atom is -0.389 e. The maximum Gasteiger partial charge on any atom is 0.0794 e. The summed E-state index contributed by atoms with van der Waals surface area (Å²) in [5, 5.41) is 10.4. The van der Waals surface area contributed by atoms with Crippen LogP contribution in [0.15, 0.2) is 11.7 Å². The van der Waals surface area contributed by atoms with E-state index in [1.807, 2.05) is 11.7 Å². The summed E-state index contributed by atoms with van der Waals surface area (Å²) in [6.45, 7) is 0. The predicted octanol–water partition coefficient (Wildman–Crippen LogP) is 2.01. The van der Waals surface area contributed by atoms with Crippen LogP contribution in [0.3, 0.4) is 0 Å². The number of thiazole rings is 1. The molecule has 1 fully saturated rings. The predicted molar refractivity (Wildman–Crippen MR) is 60.0 cm³/mol. The molecule has 1 aliphatic rings. The molecule has 0 aromatic carbocycles. The number of methoxy groups -OCH3 is 1. The fraction of sp³-hybridized carbons (Fsp3) is 0.727. The summed E-state index contributed by atoms with van der Waals surface area (Å²) in [7, 11) is 1.73. The molecule has 0 saturated heterocycles. The first-order chi connectivity index (χ1) is 7.22. The van der Waals surface area contributed by atoms with Crippen molar-refractivity contribution in [3.05, 3.63) is 16.6 Å². The first-order valence-electron chi connectivity index (χ1n) is 5.34. The van der Waals surface area contributed by atoms with Crippen LogP contribution < -0.4 is 0 Å². The molecular formula is C11H17NO2S. The third-order valence-corrected chi connectivity index (χ3v) is 3.88. The summed E-state index contributed by atoms with van der Waals surface area (Å²) in [6.07, 6.45) is 6.54. The van der Waals surface area contributed by atoms with Gasteiger partial charge in [0, 0.05) is 31.0 Å². The van der Waals surface area contributed by atoms with Gasteiger partial charge in [-0.05, 0) is 19.3 Å². The van der Waals surface area contributed by atoms with Crippen LogP contribution in [-0.4, -0.2) is 28.9 Å². The molecule has 0 radical (unpaired) electrons. The van der Waals surface area contributed by atoms with E-state index in [1.165, 1.54) is 0 Å². The molecule has 4 heteroatoms. The van der Waals surface area contributed by atoms with Crippen molar-refractivity contribution in [1.29, 1.82) is 0 Å². The van der Waals surface area contributed by atoms with Crippen molar-refractivity contribution in [2.24, 2.45) is 0 Å². The fourth-order valence-corrected chi connectivity index (χ4v) is 3.03. The summed E-state index contributed by atoms with van der Waals surface area (Å²) in [6, 6.07) is 0. The molecule has 1 heterocycles. The van der Waals surface area contributed by atoms with Gasteiger partial charge in [0.15, 0.2) is 0 Å². The Balaban J connectivity index is 1.99. The molecule has 0 aliphatic heterocycles. The Labute approximate surface area is 94.1 Å². The van der Waals surface area contributed by atoms with Gasteiger partial charge in [0.2, 0.25) is 0 Å². The highest BCUT2D eigenvalue weighted by molar-refractivity contribution is 7.09. The van der Waals surface area contributed by atoms with Crippen molar-refractivity contribution >= 4 is 11.3 Å². The second-order valence-corrected chi connectivity index (χ2v) is 5.29. The van der Waals surface area contributed by atoms with E-state index in [0.717, 1.165) is 37.0 Å². The van der Waals surface area contributed by atoms with E-state index < -0.39 is 5.60 Å². The van der Waals surface area contributed by atoms with Gasteiger partial charge < -0.3 is 9.84 Å². The maximum absolute atomic E-state index is 10.4. The summed E-state index contributed by atoms with van der Waals surface area (Å²) in [4.78, 5) is 5.20. The zero-order valence-electron chi connectivity index (χ0n) is 8.98. The SMILES string of the molecule is COC1CCCC(O)(Cc2cncs2)C1. The Morgan fingerprint density at radius 3 is 3.27 bits per heavy atom. The van der Waals surface area contributed by atoms with E-state index in [4.69, 9.17) is 4.74 Å². The van der Waals surface area contributed by atoms with E-state index in [0.29, 0.717) is 0 Å². The van der Waals surface area contributed by atoms with Crippen LogP contribution >= 0.6 is 11.3 Å². The Morgan fingerprint density at radius 1 is 1.73 bits per heavy atom. The Hall–Kier alpha value is -0.450. The van der Waals surface area contributed by atoms with Crippen molar-refractivity contribution in [3.63, 3.8) is 0 Å². The molecule has 1 N–H and O–H groups in total. The zero-order chi connectivity index (χ0) is 10.7. The molecule has 1 aliphatic carbocycles. The van der Waals surface area contributed by atoms with Gasteiger partial charge in [0.1, 0.15) is 0 Å². The van der Waals surface area contributed by atoms with Gasteiger partial charge in [-0.1, -0.05) is 0 Å². The molecule has 1 aromatic rings. The van der Waals surface area contributed by atoms with Gasteiger partial charge in [0.25, 0.3) is 0 Å². The molecule has 0 spiro atoms. The maximum atomic E-state index is 10.4. The van der Waals surface area contributed by atoms with Crippen LogP contribution in [0.1, 0.15) is 30.6 Å². The second-order valence-electron chi connectivity index (χ2n) is 4.32. The topological polar surface area (TPSA) is 42.4 Å². The largest absolute Gasteiger partial charge is 0.389 e. The lowest BCUT2D eigenvalue weighted by molar-refractivity contribution is -0.0577. The summed E-state index contributed by atoms with van der Waals surface area (Å²) >= 11 is 1.61. The van der Waals surface area contributed by atoms with Crippen LogP contribution in [0.5, 0.6) is 0 Å². The quantitative estimate of drug-likeness (QED) is 0.859. The highest BCUT2D eigenvalue weighted by atomic mass is 32.1. The lowest BCUT2D eigenvalue weighted by atomic mass is 9.80. The first-order valence-corrected chi connectivity index (χ1v) is 6.22. The minimum atomic E-state index is -0.578. The number of nitrogens with zero attached hydrogens (tertiary/aromatic N) is 1. The number of hydrogen-bond donors (Lipinski definition) is 1. The Morgan fingerprint density at radius 2 is 2.60 bits per heavy atom. The van der Waals surface area contributed by atoms with E-state index in [1.54, 1.807) is 18.4 Å². The molecule has 2 rings (SSSR count). The minimum absolute atomic E-state index is 0.219. The average Bonchev–Trinajstić information content (AvgIpc) is 2.69. The third kappa shape index (κ3) is 2.77. The van der Waals surface area contributed by atoms with Crippen LogP contribution in [0.2, 0.25) is 0 Å². The smallest absolute Gasteiger partial charge is 0.0794 e. The third-order valence-electron chi connectivity index (χ3n) is 3.10. The van der Waals surface area contributed by atoms with Gasteiger partial charge in [-0.15, -0.1) is 11.3 Å². The van der Waals surface area contributed by atoms with Gasteiger partial charge in [-0.25, -0.2) is 0 Å². The molecule has 1 saturated carbocycles. The summed E-state index contributed by atoms with van der Waals surface area (Å²) in [5.74, 6) is 0. The van der Waals surface area contributed by atoms with Crippen LogP contribution in [-0.2, 0) is 11.2 Å². The number of aliphatic hydroxyl groups is 1. The zero-order valence-corrected chi connectivity index (χ0v) is 9.80. The Bertz CT molecular complexity index is 302. The van der Waals surface area contributed by atoms with Crippen molar-refractivity contribution in [3.8, 4) is 0 Å². The van der Waals surface area contributed by atoms with Crippen molar-refractivity contribution in [1.82, 2.24) is 4.98 Å². The number of hydrogen-bond acceptors (Lipinski definition) is 4. The molecule has 2 atom stereocenters. The lowest BCUT2D eigenvalue weighted by Crippen LogP contribution is -2.39. The second kappa shape index (κ2) is 4.60. The van der Waals surface area contributed by atoms with E-state index >= 15 is 0 Å². The van der Waals surface area contributed by atoms with Crippen molar-refractivity contribution in [2.45, 2.75) is 43.8 Å². The molecule has 0 amide bonds. The molecule has 15 heavy (non-hydrogen) atoms. The standard InChI is InChI=1S/C11H17NO2S/c1-14-9-3-2-4-11(13,5-9)6-10-7-12-8-15-10/h7-9,13H,2-6H2,1H3. The summed E-state index contributed by atoms with van der Waals surface area (Å²) in [5.41, 5.74) is 1.24. The Kier molecular flexibility index (Phi) is 3.38. The number of rotatable bonds is 3. The van der Waals surface area contributed by atoms with Gasteiger partial charge in [-0.3, -0.25) is 4.98 Å². The lowest BCUT2D eigenvalue weighted by Gasteiger charge is -2.35. The number of aromatic nitrogens is 1. The molecule has 3 nitrogen and oxygen atoms in total. The van der Waals surface area contributed by atoms with Crippen LogP contribution in [0.4, 0.5) is 0 Å². The highest BCUT2D eigenvalue weighted by Gasteiger charge is 2.34. The van der Waals surface area contributed by atoms with Gasteiger partial charge in [0.05, 0.1) is 17.2 Å². The molecule has 2 unspecified atom stereocenters. The monoisotopic (exact) mass is 227 g/mol. The van der Waals surface area contributed by atoms with Gasteiger partial charge in [-0.2, -0.15) is 0 Å². The van der Waals surface area contributed by atoms with Crippen molar-refractivity contribution in [2.75, 3.05) is 7.11 Å².